The number of halogens is 1. The summed E-state index contributed by atoms with van der Waals surface area (Å²) in [4.78, 5) is 24.2. The molecule has 0 spiro atoms. The van der Waals surface area contributed by atoms with Crippen LogP contribution in [0.1, 0.15) is 10.5 Å². The molecule has 0 fully saturated rings. The Kier molecular flexibility index (Phi) is 4.32. The molecule has 2 rings (SSSR count). The lowest BCUT2D eigenvalue weighted by molar-refractivity contribution is -0.135. The number of carbonyl (C=O) groups is 2. The van der Waals surface area contributed by atoms with Gasteiger partial charge in [-0.25, -0.2) is 17.6 Å². The highest BCUT2D eigenvalue weighted by Crippen LogP contribution is 2.24. The van der Waals surface area contributed by atoms with Crippen molar-refractivity contribution in [2.24, 2.45) is 0 Å². The monoisotopic (exact) mass is 339 g/mol. The number of aromatic nitrogens is 1. The van der Waals surface area contributed by atoms with Gasteiger partial charge in [0.05, 0.1) is 4.90 Å². The first-order valence-electron chi connectivity index (χ1n) is 6.10. The number of hydrogen-bond acceptors (Lipinski definition) is 5. The summed E-state index contributed by atoms with van der Waals surface area (Å²) in [5, 5.41) is 17.6. The van der Waals surface area contributed by atoms with Gasteiger partial charge in [0.15, 0.2) is 0 Å². The topological polar surface area (TPSA) is 125 Å². The van der Waals surface area contributed by atoms with Crippen molar-refractivity contribution < 1.29 is 32.6 Å². The quantitative estimate of drug-likeness (QED) is 0.329. The number of carbonyl (C=O) groups excluding carboxylic acids is 1. The largest absolute Gasteiger partial charge is 0.502 e. The number of aliphatic hydroxyl groups is 1. The zero-order chi connectivity index (χ0) is 17.2. The van der Waals surface area contributed by atoms with Gasteiger partial charge in [0, 0.05) is 12.3 Å². The number of H-pyrrole nitrogens is 1. The van der Waals surface area contributed by atoms with Crippen molar-refractivity contribution in [1.82, 2.24) is 4.98 Å². The zero-order valence-corrected chi connectivity index (χ0v) is 12.2. The van der Waals surface area contributed by atoms with Crippen molar-refractivity contribution in [1.29, 1.82) is 0 Å². The Bertz CT molecular complexity index is 896. The second-order valence-corrected chi connectivity index (χ2v) is 6.29. The number of benzene rings is 1. The first-order chi connectivity index (χ1) is 10.7. The summed E-state index contributed by atoms with van der Waals surface area (Å²) in [5.74, 6) is -4.61. The molecule has 9 heteroatoms. The van der Waals surface area contributed by atoms with E-state index in [0.717, 1.165) is 30.3 Å². The third-order valence-electron chi connectivity index (χ3n) is 2.86. The van der Waals surface area contributed by atoms with Crippen molar-refractivity contribution in [2.75, 3.05) is 0 Å². The number of aliphatic carboxylic acids is 1. The lowest BCUT2D eigenvalue weighted by atomic mass is 10.2. The van der Waals surface area contributed by atoms with Gasteiger partial charge < -0.3 is 15.2 Å². The van der Waals surface area contributed by atoms with E-state index in [1.54, 1.807) is 0 Å². The average molecular weight is 339 g/mol. The average Bonchev–Trinajstić information content (AvgIpc) is 2.97. The number of allylic oxidation sites excluding steroid dienone is 1. The van der Waals surface area contributed by atoms with Crippen LogP contribution in [0, 0.1) is 5.82 Å². The fraction of sp³-hybridized carbons (Fsp3) is 0. The molecule has 1 aromatic heterocycles. The van der Waals surface area contributed by atoms with Crippen LogP contribution in [0.4, 0.5) is 4.39 Å². The molecule has 0 unspecified atom stereocenters. The minimum atomic E-state index is -4.12. The van der Waals surface area contributed by atoms with Crippen molar-refractivity contribution >= 4 is 21.6 Å². The molecule has 3 N–H and O–H groups in total. The van der Waals surface area contributed by atoms with E-state index in [1.807, 2.05) is 0 Å². The van der Waals surface area contributed by atoms with Gasteiger partial charge in [-0.1, -0.05) is 0 Å². The molecule has 2 aromatic rings. The molecule has 0 bridgehead atoms. The predicted molar refractivity (Wildman–Crippen MR) is 75.3 cm³/mol. The summed E-state index contributed by atoms with van der Waals surface area (Å²) in [6.07, 6.45) is 1.56. The lowest BCUT2D eigenvalue weighted by Crippen LogP contribution is -2.09. The van der Waals surface area contributed by atoms with E-state index >= 15 is 0 Å². The minimum absolute atomic E-state index is 0.237. The van der Waals surface area contributed by atoms with Crippen LogP contribution in [0.2, 0.25) is 0 Å². The summed E-state index contributed by atoms with van der Waals surface area (Å²) < 4.78 is 37.8. The van der Waals surface area contributed by atoms with Gasteiger partial charge in [0.25, 0.3) is 0 Å². The molecular weight excluding hydrogens is 329 g/mol. The van der Waals surface area contributed by atoms with Crippen LogP contribution in [0.3, 0.4) is 0 Å². The van der Waals surface area contributed by atoms with Crippen LogP contribution in [0.5, 0.6) is 0 Å². The number of carboxylic acids is 1. The molecule has 0 amide bonds. The summed E-state index contributed by atoms with van der Waals surface area (Å²) in [5.41, 5.74) is -0.415. The summed E-state index contributed by atoms with van der Waals surface area (Å²) in [6, 6.07) is 5.10. The van der Waals surface area contributed by atoms with Crippen LogP contribution in [-0.2, 0) is 14.6 Å². The molecule has 23 heavy (non-hydrogen) atoms. The van der Waals surface area contributed by atoms with Crippen molar-refractivity contribution in [3.63, 3.8) is 0 Å². The molecule has 0 aliphatic heterocycles. The number of rotatable bonds is 5. The minimum Gasteiger partial charge on any atom is -0.502 e. The highest BCUT2D eigenvalue weighted by molar-refractivity contribution is 7.91. The number of nitrogens with one attached hydrogen (secondary N) is 1. The molecular formula is C14H10FNO6S. The van der Waals surface area contributed by atoms with Gasteiger partial charge in [-0.3, -0.25) is 4.79 Å². The van der Waals surface area contributed by atoms with Gasteiger partial charge in [-0.2, -0.15) is 0 Å². The molecule has 120 valence electrons. The highest BCUT2D eigenvalue weighted by atomic mass is 32.2. The Morgan fingerprint density at radius 3 is 2.26 bits per heavy atom. The van der Waals surface area contributed by atoms with Gasteiger partial charge >= 0.3 is 5.97 Å². The number of aromatic amines is 1. The van der Waals surface area contributed by atoms with E-state index in [9.17, 15) is 22.4 Å². The van der Waals surface area contributed by atoms with E-state index in [0.29, 0.717) is 6.08 Å². The van der Waals surface area contributed by atoms with Gasteiger partial charge in [-0.15, -0.1) is 0 Å². The van der Waals surface area contributed by atoms with Gasteiger partial charge in [0.1, 0.15) is 16.4 Å². The lowest BCUT2D eigenvalue weighted by Gasteiger charge is -2.04. The first kappa shape index (κ1) is 16.4. The molecule has 0 atom stereocenters. The maximum atomic E-state index is 12.9. The number of sulfone groups is 1. The van der Waals surface area contributed by atoms with Crippen LogP contribution in [0.25, 0.3) is 0 Å². The van der Waals surface area contributed by atoms with Crippen LogP contribution in [-0.4, -0.2) is 35.4 Å². The Balaban J connectivity index is 2.49. The fourth-order valence-electron chi connectivity index (χ4n) is 1.77. The molecule has 1 heterocycles. The van der Waals surface area contributed by atoms with E-state index in [4.69, 9.17) is 10.2 Å². The third-order valence-corrected chi connectivity index (χ3v) is 4.67. The zero-order valence-electron chi connectivity index (χ0n) is 11.4. The van der Waals surface area contributed by atoms with E-state index in [-0.39, 0.29) is 4.90 Å². The van der Waals surface area contributed by atoms with E-state index in [1.165, 1.54) is 6.20 Å². The second-order valence-electron chi connectivity index (χ2n) is 4.37. The molecule has 0 saturated heterocycles. The Morgan fingerprint density at radius 2 is 1.70 bits per heavy atom. The van der Waals surface area contributed by atoms with Crippen LogP contribution in [0.15, 0.2) is 58.2 Å². The number of aliphatic hydroxyl groups excluding tert-OH is 1. The SMILES string of the molecule is O=C(O)/C(O)=C/C(=O)c1[nH]ccc1S(=O)(=O)c1ccc(F)cc1. The second kappa shape index (κ2) is 6.05. The third kappa shape index (κ3) is 3.29. The summed E-state index contributed by atoms with van der Waals surface area (Å²) in [6.45, 7) is 0. The molecule has 0 aliphatic rings. The van der Waals surface area contributed by atoms with Crippen molar-refractivity contribution in [3.8, 4) is 0 Å². The molecule has 0 saturated carbocycles. The standard InChI is InChI=1S/C14H10FNO6S/c15-8-1-3-9(4-2-8)23(21,22)12-5-6-16-13(12)10(17)7-11(18)14(19)20/h1-7,16,18H,(H,19,20)/b11-7-. The van der Waals surface area contributed by atoms with Crippen molar-refractivity contribution in [2.45, 2.75) is 9.79 Å². The normalized spacial score (nSPS) is 12.1. The van der Waals surface area contributed by atoms with Crippen LogP contribution >= 0.6 is 0 Å². The van der Waals surface area contributed by atoms with Crippen molar-refractivity contribution in [3.05, 3.63) is 59.9 Å². The Labute approximate surface area is 129 Å². The Hall–Kier alpha value is -2.94. The Morgan fingerprint density at radius 1 is 1.09 bits per heavy atom. The number of carboxylic acid groups (broad SMARTS) is 1. The number of hydrogen-bond donors (Lipinski definition) is 3. The molecule has 7 nitrogen and oxygen atoms in total. The van der Waals surface area contributed by atoms with E-state index in [2.05, 4.69) is 4.98 Å². The summed E-state index contributed by atoms with van der Waals surface area (Å²) >= 11 is 0. The predicted octanol–water partition coefficient (Wildman–Crippen LogP) is 1.70. The maximum absolute atomic E-state index is 12.9. The molecule has 0 aliphatic carbocycles. The first-order valence-corrected chi connectivity index (χ1v) is 7.58. The van der Waals surface area contributed by atoms with Gasteiger partial charge in [-0.05, 0) is 30.3 Å². The number of ketones is 1. The molecule has 0 radical (unpaired) electrons. The highest BCUT2D eigenvalue weighted by Gasteiger charge is 2.25. The summed E-state index contributed by atoms with van der Waals surface area (Å²) in [7, 11) is -4.12. The fourth-order valence-corrected chi connectivity index (χ4v) is 3.19. The van der Waals surface area contributed by atoms with E-state index < -0.39 is 43.8 Å². The smallest absolute Gasteiger partial charge is 0.371 e. The maximum Gasteiger partial charge on any atom is 0.371 e. The molecule has 1 aromatic carbocycles. The van der Waals surface area contributed by atoms with Gasteiger partial charge in [0.2, 0.25) is 21.4 Å². The van der Waals surface area contributed by atoms with Crippen LogP contribution < -0.4 is 0 Å².